The van der Waals surface area contributed by atoms with E-state index in [2.05, 4.69) is 50.7 Å². The van der Waals surface area contributed by atoms with Crippen molar-refractivity contribution in [2.75, 3.05) is 13.1 Å². The van der Waals surface area contributed by atoms with Crippen LogP contribution in [0.2, 0.25) is 0 Å². The third kappa shape index (κ3) is 8.14. The number of nitriles is 1. The molecule has 0 unspecified atom stereocenters. The van der Waals surface area contributed by atoms with Crippen molar-refractivity contribution in [3.8, 4) is 6.07 Å². The number of aryl methyl sites for hydroxylation is 1. The maximum absolute atomic E-state index is 8.86. The van der Waals surface area contributed by atoms with Crippen LogP contribution in [0.15, 0.2) is 48.5 Å². The van der Waals surface area contributed by atoms with E-state index in [-0.39, 0.29) is 51.4 Å². The van der Waals surface area contributed by atoms with Gasteiger partial charge in [-0.05, 0) is 0 Å². The van der Waals surface area contributed by atoms with Crippen molar-refractivity contribution in [3.63, 3.8) is 0 Å². The normalized spacial score (nSPS) is 8.82. The number of hydrogen-bond acceptors (Lipinski definition) is 2. The molecule has 1 N–H and O–H groups in total. The second-order valence-electron chi connectivity index (χ2n) is 4.49. The minimum Gasteiger partial charge on any atom is -0.376 e. The Kier molecular flexibility index (Phi) is 12.5. The van der Waals surface area contributed by atoms with E-state index in [0.717, 1.165) is 24.2 Å². The molecule has 0 spiro atoms. The molecule has 2 aromatic carbocycles. The van der Waals surface area contributed by atoms with E-state index < -0.39 is 0 Å². The van der Waals surface area contributed by atoms with Gasteiger partial charge in [0.2, 0.25) is 0 Å². The minimum atomic E-state index is 0. The van der Waals surface area contributed by atoms with Gasteiger partial charge in [-0.2, -0.15) is 5.26 Å². The molecular weight excluding hydrogens is 295 g/mol. The first kappa shape index (κ1) is 21.4. The van der Waals surface area contributed by atoms with Crippen molar-refractivity contribution < 1.29 is 51.4 Å². The zero-order chi connectivity index (χ0) is 15.5. The van der Waals surface area contributed by atoms with Gasteiger partial charge in [0.05, 0.1) is 6.07 Å². The molecule has 2 rings (SSSR count). The SMILES string of the molecule is Cc1ccc(C#N)cc1[CH-]c1ccccc1.[CH2-]CNC[CH2-].[K+]. The summed E-state index contributed by atoms with van der Waals surface area (Å²) in [6.07, 6.45) is 2.09. The predicted molar refractivity (Wildman–Crippen MR) is 88.4 cm³/mol. The standard InChI is InChI=1S/C15H12N.C4H9N.K/c1-12-7-8-14(11-16)10-15(12)9-13-5-3-2-4-6-13;1-3-5-4-2;/h2-10H,1H3;5H,1-4H2;/q-1;-2;+1. The van der Waals surface area contributed by atoms with Gasteiger partial charge in [-0.25, -0.2) is 0 Å². The topological polar surface area (TPSA) is 35.8 Å². The van der Waals surface area contributed by atoms with E-state index >= 15 is 0 Å². The number of hydrogen-bond donors (Lipinski definition) is 1. The molecule has 0 aliphatic rings. The molecule has 2 nitrogen and oxygen atoms in total. The summed E-state index contributed by atoms with van der Waals surface area (Å²) >= 11 is 0. The van der Waals surface area contributed by atoms with E-state index in [1.165, 1.54) is 5.56 Å². The molecule has 0 aliphatic heterocycles. The number of nitrogens with one attached hydrogen (secondary N) is 1. The summed E-state index contributed by atoms with van der Waals surface area (Å²) in [6.45, 7) is 10.7. The van der Waals surface area contributed by atoms with Crippen molar-refractivity contribution in [2.24, 2.45) is 0 Å². The zero-order valence-electron chi connectivity index (χ0n) is 13.5. The van der Waals surface area contributed by atoms with Gasteiger partial charge >= 0.3 is 51.4 Å². The Morgan fingerprint density at radius 1 is 1.09 bits per heavy atom. The molecule has 0 saturated carbocycles. The van der Waals surface area contributed by atoms with Crippen LogP contribution in [0.4, 0.5) is 0 Å². The van der Waals surface area contributed by atoms with E-state index in [1.54, 1.807) is 0 Å². The van der Waals surface area contributed by atoms with Gasteiger partial charge in [0.25, 0.3) is 0 Å². The van der Waals surface area contributed by atoms with Crippen LogP contribution in [-0.4, -0.2) is 13.1 Å². The van der Waals surface area contributed by atoms with E-state index in [0.29, 0.717) is 5.56 Å². The summed E-state index contributed by atoms with van der Waals surface area (Å²) in [5.41, 5.74) is 4.14. The number of rotatable bonds is 4. The first-order valence-electron chi connectivity index (χ1n) is 6.91. The summed E-state index contributed by atoms with van der Waals surface area (Å²) < 4.78 is 0. The molecular formula is C19H21KN2-2. The Morgan fingerprint density at radius 3 is 2.23 bits per heavy atom. The molecule has 0 aromatic heterocycles. The Balaban J connectivity index is 0.000000644. The quantitative estimate of drug-likeness (QED) is 0.666. The summed E-state index contributed by atoms with van der Waals surface area (Å²) in [5.74, 6) is 0. The van der Waals surface area contributed by atoms with Crippen LogP contribution in [0.5, 0.6) is 0 Å². The van der Waals surface area contributed by atoms with Gasteiger partial charge in [-0.3, -0.25) is 0 Å². The van der Waals surface area contributed by atoms with Gasteiger partial charge in [0.15, 0.2) is 0 Å². The van der Waals surface area contributed by atoms with Crippen LogP contribution in [0.25, 0.3) is 0 Å². The van der Waals surface area contributed by atoms with Crippen molar-refractivity contribution >= 4 is 0 Å². The second kappa shape index (κ2) is 12.9. The molecule has 0 aliphatic carbocycles. The molecule has 0 amide bonds. The smallest absolute Gasteiger partial charge is 0.376 e. The maximum Gasteiger partial charge on any atom is 1.00 e. The molecule has 22 heavy (non-hydrogen) atoms. The van der Waals surface area contributed by atoms with Crippen LogP contribution in [0.3, 0.4) is 0 Å². The molecule has 2 aromatic rings. The van der Waals surface area contributed by atoms with E-state index in [1.807, 2.05) is 36.4 Å². The molecule has 0 bridgehead atoms. The summed E-state index contributed by atoms with van der Waals surface area (Å²) in [5, 5.41) is 11.7. The molecule has 0 heterocycles. The van der Waals surface area contributed by atoms with Gasteiger partial charge in [0.1, 0.15) is 0 Å². The fourth-order valence-electron chi connectivity index (χ4n) is 1.72. The van der Waals surface area contributed by atoms with E-state index in [9.17, 15) is 0 Å². The number of nitrogens with zero attached hydrogens (tertiary/aromatic N) is 1. The van der Waals surface area contributed by atoms with Crippen LogP contribution in [-0.2, 0) is 0 Å². The third-order valence-corrected chi connectivity index (χ3v) is 2.88. The summed E-state index contributed by atoms with van der Waals surface area (Å²) in [4.78, 5) is 0. The molecule has 3 heteroatoms. The number of benzene rings is 2. The average Bonchev–Trinajstić information content (AvgIpc) is 2.52. The first-order chi connectivity index (χ1) is 10.2. The Morgan fingerprint density at radius 2 is 1.73 bits per heavy atom. The Labute approximate surface area is 177 Å². The van der Waals surface area contributed by atoms with Gasteiger partial charge in [-0.1, -0.05) is 37.3 Å². The maximum atomic E-state index is 8.86. The summed E-state index contributed by atoms with van der Waals surface area (Å²) in [6, 6.07) is 18.0. The van der Waals surface area contributed by atoms with Crippen molar-refractivity contribution in [2.45, 2.75) is 6.92 Å². The zero-order valence-corrected chi connectivity index (χ0v) is 16.6. The fourth-order valence-corrected chi connectivity index (χ4v) is 1.72. The Bertz CT molecular complexity index is 572. The average molecular weight is 316 g/mol. The van der Waals surface area contributed by atoms with Crippen LogP contribution >= 0.6 is 0 Å². The summed E-state index contributed by atoms with van der Waals surface area (Å²) in [7, 11) is 0. The van der Waals surface area contributed by atoms with Crippen molar-refractivity contribution in [3.05, 3.63) is 91.1 Å². The van der Waals surface area contributed by atoms with Crippen molar-refractivity contribution in [1.82, 2.24) is 5.32 Å². The molecule has 110 valence electrons. The predicted octanol–water partition coefficient (Wildman–Crippen LogP) is 0.716. The monoisotopic (exact) mass is 316 g/mol. The Hall–Kier alpha value is -0.604. The van der Waals surface area contributed by atoms with E-state index in [4.69, 9.17) is 5.26 Å². The van der Waals surface area contributed by atoms with Crippen LogP contribution in [0, 0.1) is 38.5 Å². The fraction of sp³-hybridized carbons (Fsp3) is 0.158. The molecule has 0 saturated heterocycles. The largest absolute Gasteiger partial charge is 1.00 e. The van der Waals surface area contributed by atoms with Crippen LogP contribution < -0.4 is 56.7 Å². The molecule has 0 radical (unpaired) electrons. The van der Waals surface area contributed by atoms with Gasteiger partial charge < -0.3 is 19.2 Å². The van der Waals surface area contributed by atoms with Crippen LogP contribution in [0.1, 0.15) is 22.3 Å². The second-order valence-corrected chi connectivity index (χ2v) is 4.49. The molecule has 0 atom stereocenters. The first-order valence-corrected chi connectivity index (χ1v) is 6.91. The minimum absolute atomic E-state index is 0. The molecule has 0 fully saturated rings. The van der Waals surface area contributed by atoms with Crippen molar-refractivity contribution in [1.29, 1.82) is 5.26 Å². The van der Waals surface area contributed by atoms with Gasteiger partial charge in [-0.15, -0.1) is 54.4 Å². The third-order valence-electron chi connectivity index (χ3n) is 2.88. The van der Waals surface area contributed by atoms with Gasteiger partial charge in [0, 0.05) is 5.56 Å².